The van der Waals surface area contributed by atoms with Gasteiger partial charge in [0.15, 0.2) is 0 Å². The SMILES string of the molecule is CCC(C)n1ccc(CC(NC)c2ccc(Br)c(F)c2)n1. The molecular formula is C16H21BrFN3. The van der Waals surface area contributed by atoms with Gasteiger partial charge in [-0.3, -0.25) is 4.68 Å². The Hall–Kier alpha value is -1.20. The lowest BCUT2D eigenvalue weighted by Gasteiger charge is -2.16. The lowest BCUT2D eigenvalue weighted by atomic mass is 10.0. The molecule has 1 N–H and O–H groups in total. The number of hydrogen-bond donors (Lipinski definition) is 1. The molecule has 2 unspecified atom stereocenters. The third kappa shape index (κ3) is 3.92. The van der Waals surface area contributed by atoms with Crippen LogP contribution in [-0.2, 0) is 6.42 Å². The molecule has 0 saturated carbocycles. The normalized spacial score (nSPS) is 14.1. The van der Waals surface area contributed by atoms with Gasteiger partial charge in [-0.25, -0.2) is 4.39 Å². The van der Waals surface area contributed by atoms with Crippen LogP contribution in [-0.4, -0.2) is 16.8 Å². The van der Waals surface area contributed by atoms with Gasteiger partial charge in [-0.05, 0) is 60.1 Å². The van der Waals surface area contributed by atoms with Gasteiger partial charge < -0.3 is 5.32 Å². The second-order valence-electron chi connectivity index (χ2n) is 5.26. The van der Waals surface area contributed by atoms with Crippen molar-refractivity contribution in [2.75, 3.05) is 7.05 Å². The Kier molecular flexibility index (Phi) is 5.53. The maximum atomic E-state index is 13.7. The summed E-state index contributed by atoms with van der Waals surface area (Å²) in [6.07, 6.45) is 3.80. The molecule has 0 fully saturated rings. The first kappa shape index (κ1) is 16.2. The fourth-order valence-corrected chi connectivity index (χ4v) is 2.49. The highest BCUT2D eigenvalue weighted by atomic mass is 79.9. The fourth-order valence-electron chi connectivity index (χ4n) is 2.24. The van der Waals surface area contributed by atoms with Crippen LogP contribution in [0.2, 0.25) is 0 Å². The van der Waals surface area contributed by atoms with Crippen molar-refractivity contribution in [2.24, 2.45) is 0 Å². The van der Waals surface area contributed by atoms with Gasteiger partial charge in [0.1, 0.15) is 5.82 Å². The molecule has 1 heterocycles. The van der Waals surface area contributed by atoms with Gasteiger partial charge in [-0.1, -0.05) is 13.0 Å². The molecule has 0 amide bonds. The van der Waals surface area contributed by atoms with Crippen molar-refractivity contribution < 1.29 is 4.39 Å². The predicted octanol–water partition coefficient (Wildman–Crippen LogP) is 4.26. The van der Waals surface area contributed by atoms with Gasteiger partial charge in [0.2, 0.25) is 0 Å². The number of hydrogen-bond acceptors (Lipinski definition) is 2. The summed E-state index contributed by atoms with van der Waals surface area (Å²) in [5, 5.41) is 7.84. The Bertz CT molecular complexity index is 597. The summed E-state index contributed by atoms with van der Waals surface area (Å²) in [6, 6.07) is 7.72. The number of nitrogens with zero attached hydrogens (tertiary/aromatic N) is 2. The van der Waals surface area contributed by atoms with E-state index in [0.717, 1.165) is 24.1 Å². The largest absolute Gasteiger partial charge is 0.313 e. The van der Waals surface area contributed by atoms with Crippen LogP contribution < -0.4 is 5.32 Å². The average molecular weight is 354 g/mol. The molecule has 3 nitrogen and oxygen atoms in total. The smallest absolute Gasteiger partial charge is 0.137 e. The summed E-state index contributed by atoms with van der Waals surface area (Å²) < 4.78 is 16.2. The van der Waals surface area contributed by atoms with E-state index in [1.54, 1.807) is 12.1 Å². The van der Waals surface area contributed by atoms with E-state index >= 15 is 0 Å². The number of nitrogens with one attached hydrogen (secondary N) is 1. The quantitative estimate of drug-likeness (QED) is 0.840. The van der Waals surface area contributed by atoms with Crippen molar-refractivity contribution in [2.45, 2.75) is 38.8 Å². The minimum Gasteiger partial charge on any atom is -0.313 e. The molecule has 2 atom stereocenters. The molecule has 0 aliphatic carbocycles. The van der Waals surface area contributed by atoms with E-state index in [9.17, 15) is 4.39 Å². The van der Waals surface area contributed by atoms with E-state index in [-0.39, 0.29) is 11.9 Å². The van der Waals surface area contributed by atoms with Crippen molar-refractivity contribution in [1.82, 2.24) is 15.1 Å². The first-order valence-corrected chi connectivity index (χ1v) is 8.00. The van der Waals surface area contributed by atoms with Crippen LogP contribution in [0.5, 0.6) is 0 Å². The Morgan fingerprint density at radius 3 is 2.76 bits per heavy atom. The van der Waals surface area contributed by atoms with Crippen LogP contribution in [0.4, 0.5) is 4.39 Å². The van der Waals surface area contributed by atoms with Gasteiger partial charge in [-0.2, -0.15) is 5.10 Å². The molecule has 0 aliphatic heterocycles. The molecule has 1 aromatic heterocycles. The topological polar surface area (TPSA) is 29.9 Å². The molecule has 0 aliphatic rings. The van der Waals surface area contributed by atoms with Crippen LogP contribution in [0.1, 0.15) is 43.6 Å². The number of halogens is 2. The molecular weight excluding hydrogens is 333 g/mol. The molecule has 0 radical (unpaired) electrons. The summed E-state index contributed by atoms with van der Waals surface area (Å²) in [4.78, 5) is 0. The number of rotatable bonds is 6. The van der Waals surface area contributed by atoms with Gasteiger partial charge in [0.25, 0.3) is 0 Å². The van der Waals surface area contributed by atoms with Gasteiger partial charge in [0, 0.05) is 24.7 Å². The molecule has 0 bridgehead atoms. The standard InChI is InChI=1S/C16H21BrFN3/c1-4-11(2)21-8-7-13(20-21)10-16(19-3)12-5-6-14(17)15(18)9-12/h5-9,11,16,19H,4,10H2,1-3H3. The summed E-state index contributed by atoms with van der Waals surface area (Å²) in [5.41, 5.74) is 1.94. The minimum absolute atomic E-state index is 0.0490. The van der Waals surface area contributed by atoms with E-state index in [0.29, 0.717) is 10.5 Å². The Labute approximate surface area is 133 Å². The average Bonchev–Trinajstić information content (AvgIpc) is 2.95. The monoisotopic (exact) mass is 353 g/mol. The van der Waals surface area contributed by atoms with Crippen LogP contribution in [0.3, 0.4) is 0 Å². The highest BCUT2D eigenvalue weighted by Crippen LogP contribution is 2.23. The third-order valence-electron chi connectivity index (χ3n) is 3.81. The van der Waals surface area contributed by atoms with E-state index in [4.69, 9.17) is 0 Å². The highest BCUT2D eigenvalue weighted by Gasteiger charge is 2.14. The summed E-state index contributed by atoms with van der Waals surface area (Å²) >= 11 is 3.18. The molecule has 5 heteroatoms. The fraction of sp³-hybridized carbons (Fsp3) is 0.438. The zero-order valence-electron chi connectivity index (χ0n) is 12.6. The van der Waals surface area contributed by atoms with E-state index in [1.165, 1.54) is 0 Å². The van der Waals surface area contributed by atoms with Crippen molar-refractivity contribution in [3.8, 4) is 0 Å². The predicted molar refractivity (Wildman–Crippen MR) is 86.8 cm³/mol. The first-order chi connectivity index (χ1) is 10.0. The zero-order valence-corrected chi connectivity index (χ0v) is 14.2. The molecule has 21 heavy (non-hydrogen) atoms. The second-order valence-corrected chi connectivity index (χ2v) is 6.12. The van der Waals surface area contributed by atoms with Crippen molar-refractivity contribution in [3.05, 3.63) is 52.0 Å². The van der Waals surface area contributed by atoms with E-state index < -0.39 is 0 Å². The van der Waals surface area contributed by atoms with E-state index in [2.05, 4.69) is 40.2 Å². The van der Waals surface area contributed by atoms with Crippen LogP contribution >= 0.6 is 15.9 Å². The molecule has 0 spiro atoms. The van der Waals surface area contributed by atoms with Crippen LogP contribution in [0.25, 0.3) is 0 Å². The number of benzene rings is 1. The first-order valence-electron chi connectivity index (χ1n) is 7.21. The zero-order chi connectivity index (χ0) is 15.4. The summed E-state index contributed by atoms with van der Waals surface area (Å²) in [7, 11) is 1.89. The minimum atomic E-state index is -0.238. The molecule has 2 aromatic rings. The summed E-state index contributed by atoms with van der Waals surface area (Å²) in [6.45, 7) is 4.30. The van der Waals surface area contributed by atoms with Gasteiger partial charge >= 0.3 is 0 Å². The maximum Gasteiger partial charge on any atom is 0.137 e. The van der Waals surface area contributed by atoms with Crippen molar-refractivity contribution in [1.29, 1.82) is 0 Å². The van der Waals surface area contributed by atoms with Crippen LogP contribution in [0.15, 0.2) is 34.9 Å². The second kappa shape index (κ2) is 7.18. The van der Waals surface area contributed by atoms with Gasteiger partial charge in [0.05, 0.1) is 10.2 Å². The third-order valence-corrected chi connectivity index (χ3v) is 4.46. The van der Waals surface area contributed by atoms with Gasteiger partial charge in [-0.15, -0.1) is 0 Å². The van der Waals surface area contributed by atoms with Crippen LogP contribution in [0, 0.1) is 5.82 Å². The molecule has 1 aromatic carbocycles. The lowest BCUT2D eigenvalue weighted by Crippen LogP contribution is -2.19. The lowest BCUT2D eigenvalue weighted by molar-refractivity contribution is 0.469. The maximum absolute atomic E-state index is 13.7. The molecule has 114 valence electrons. The molecule has 0 saturated heterocycles. The Morgan fingerprint density at radius 2 is 2.14 bits per heavy atom. The molecule has 2 rings (SSSR count). The number of likely N-dealkylation sites (N-methyl/N-ethyl adjacent to an activating group) is 1. The highest BCUT2D eigenvalue weighted by molar-refractivity contribution is 9.10. The summed E-state index contributed by atoms with van der Waals surface area (Å²) in [5.74, 6) is -0.238. The Balaban J connectivity index is 2.15. The number of aromatic nitrogens is 2. The van der Waals surface area contributed by atoms with Crippen molar-refractivity contribution >= 4 is 15.9 Å². The Morgan fingerprint density at radius 1 is 1.38 bits per heavy atom. The van der Waals surface area contributed by atoms with E-state index in [1.807, 2.05) is 30.1 Å². The van der Waals surface area contributed by atoms with Crippen molar-refractivity contribution in [3.63, 3.8) is 0 Å².